The van der Waals surface area contributed by atoms with E-state index in [0.29, 0.717) is 5.02 Å². The lowest BCUT2D eigenvalue weighted by Gasteiger charge is -2.10. The summed E-state index contributed by atoms with van der Waals surface area (Å²) in [6, 6.07) is 7.63. The maximum Gasteiger partial charge on any atom is 0.207 e. The number of rotatable bonds is 7. The first-order chi connectivity index (χ1) is 9.69. The minimum absolute atomic E-state index is 0.709. The molecule has 108 valence electrons. The summed E-state index contributed by atoms with van der Waals surface area (Å²) >= 11 is 5.99. The molecule has 0 spiro atoms. The fraction of sp³-hybridized carbons (Fsp3) is 0.400. The summed E-state index contributed by atoms with van der Waals surface area (Å²) in [6.45, 7) is 6.40. The molecule has 4 nitrogen and oxygen atoms in total. The van der Waals surface area contributed by atoms with Gasteiger partial charge in [0.1, 0.15) is 0 Å². The van der Waals surface area contributed by atoms with E-state index in [0.717, 1.165) is 43.5 Å². The zero-order valence-corrected chi connectivity index (χ0v) is 12.7. The summed E-state index contributed by atoms with van der Waals surface area (Å²) in [7, 11) is 0. The molecule has 0 saturated carbocycles. The van der Waals surface area contributed by atoms with Gasteiger partial charge in [0.2, 0.25) is 5.95 Å². The summed E-state index contributed by atoms with van der Waals surface area (Å²) in [5.74, 6) is 0.835. The third-order valence-corrected chi connectivity index (χ3v) is 3.10. The predicted octanol–water partition coefficient (Wildman–Crippen LogP) is 4.02. The number of nitrogens with one attached hydrogen (secondary N) is 1. The van der Waals surface area contributed by atoms with Gasteiger partial charge in [-0.05, 0) is 38.5 Å². The smallest absolute Gasteiger partial charge is 0.207 e. The maximum absolute atomic E-state index is 5.99. The number of anilines is 2. The van der Waals surface area contributed by atoms with Gasteiger partial charge in [-0.15, -0.1) is 0 Å². The number of halogens is 1. The van der Waals surface area contributed by atoms with Crippen molar-refractivity contribution in [1.82, 2.24) is 9.55 Å². The van der Waals surface area contributed by atoms with Crippen molar-refractivity contribution in [2.24, 2.45) is 0 Å². The van der Waals surface area contributed by atoms with Gasteiger partial charge >= 0.3 is 0 Å². The van der Waals surface area contributed by atoms with Crippen LogP contribution in [0.3, 0.4) is 0 Å². The van der Waals surface area contributed by atoms with E-state index in [1.165, 1.54) is 0 Å². The highest BCUT2D eigenvalue weighted by atomic mass is 35.5. The van der Waals surface area contributed by atoms with Crippen molar-refractivity contribution >= 4 is 23.2 Å². The van der Waals surface area contributed by atoms with Crippen molar-refractivity contribution in [3.63, 3.8) is 0 Å². The first-order valence-electron chi connectivity index (χ1n) is 6.83. The average molecular weight is 294 g/mol. The van der Waals surface area contributed by atoms with Gasteiger partial charge in [0.05, 0.1) is 5.69 Å². The Labute approximate surface area is 124 Å². The second-order valence-corrected chi connectivity index (χ2v) is 5.02. The molecule has 1 heterocycles. The molecule has 2 rings (SSSR count). The number of hydrogen-bond donors (Lipinski definition) is 1. The molecule has 0 saturated heterocycles. The van der Waals surface area contributed by atoms with Gasteiger partial charge in [0.15, 0.2) is 0 Å². The molecular weight excluding hydrogens is 274 g/mol. The van der Waals surface area contributed by atoms with E-state index in [1.54, 1.807) is 0 Å². The Morgan fingerprint density at radius 2 is 2.25 bits per heavy atom. The second kappa shape index (κ2) is 7.31. The van der Waals surface area contributed by atoms with Crippen LogP contribution in [0.1, 0.15) is 19.0 Å². The zero-order valence-electron chi connectivity index (χ0n) is 11.9. The molecule has 0 atom stereocenters. The zero-order chi connectivity index (χ0) is 14.4. The number of aromatic nitrogens is 2. The van der Waals surface area contributed by atoms with E-state index in [-0.39, 0.29) is 0 Å². The molecule has 0 unspecified atom stereocenters. The molecule has 5 heteroatoms. The van der Waals surface area contributed by atoms with Gasteiger partial charge in [0.25, 0.3) is 0 Å². The second-order valence-electron chi connectivity index (χ2n) is 4.59. The van der Waals surface area contributed by atoms with Crippen molar-refractivity contribution in [2.75, 3.05) is 18.5 Å². The lowest BCUT2D eigenvalue weighted by Crippen LogP contribution is -2.05. The molecule has 0 radical (unpaired) electrons. The van der Waals surface area contributed by atoms with Crippen LogP contribution in [0.4, 0.5) is 11.6 Å². The Balaban J connectivity index is 2.03. The summed E-state index contributed by atoms with van der Waals surface area (Å²) in [5.41, 5.74) is 1.93. The lowest BCUT2D eigenvalue weighted by molar-refractivity contribution is 0.142. The Hall–Kier alpha value is -1.52. The molecule has 0 aliphatic carbocycles. The number of hydrogen-bond acceptors (Lipinski definition) is 3. The van der Waals surface area contributed by atoms with Gasteiger partial charge in [0, 0.05) is 36.7 Å². The van der Waals surface area contributed by atoms with Crippen LogP contribution in [0.5, 0.6) is 0 Å². The minimum atomic E-state index is 0.709. The average Bonchev–Trinajstić information content (AvgIpc) is 2.75. The highest BCUT2D eigenvalue weighted by Crippen LogP contribution is 2.20. The first-order valence-corrected chi connectivity index (χ1v) is 7.21. The topological polar surface area (TPSA) is 39.1 Å². The van der Waals surface area contributed by atoms with Gasteiger partial charge in [-0.25, -0.2) is 4.98 Å². The Morgan fingerprint density at radius 3 is 3.00 bits per heavy atom. The summed E-state index contributed by atoms with van der Waals surface area (Å²) < 4.78 is 7.47. The van der Waals surface area contributed by atoms with Crippen molar-refractivity contribution in [2.45, 2.75) is 26.8 Å². The van der Waals surface area contributed by atoms with Crippen molar-refractivity contribution in [3.8, 4) is 0 Å². The highest BCUT2D eigenvalue weighted by Gasteiger charge is 2.06. The first kappa shape index (κ1) is 14.9. The minimum Gasteiger partial charge on any atom is -0.382 e. The number of aryl methyl sites for hydroxylation is 2. The molecule has 0 aliphatic rings. The molecule has 0 amide bonds. The van der Waals surface area contributed by atoms with Crippen LogP contribution in [-0.2, 0) is 11.3 Å². The van der Waals surface area contributed by atoms with E-state index in [9.17, 15) is 0 Å². The molecule has 1 N–H and O–H groups in total. The quantitative estimate of drug-likeness (QED) is 0.784. The fourth-order valence-electron chi connectivity index (χ4n) is 1.99. The van der Waals surface area contributed by atoms with Gasteiger partial charge in [-0.3, -0.25) is 0 Å². The molecule has 0 bridgehead atoms. The Bertz CT molecular complexity index is 554. The number of ether oxygens (including phenoxy) is 1. The van der Waals surface area contributed by atoms with Crippen LogP contribution in [-0.4, -0.2) is 22.8 Å². The number of benzene rings is 1. The highest BCUT2D eigenvalue weighted by molar-refractivity contribution is 6.30. The molecule has 2 aromatic rings. The Kier molecular flexibility index (Phi) is 5.44. The van der Waals surface area contributed by atoms with Crippen molar-refractivity contribution < 1.29 is 4.74 Å². The monoisotopic (exact) mass is 293 g/mol. The van der Waals surface area contributed by atoms with Crippen LogP contribution in [0, 0.1) is 6.92 Å². The maximum atomic E-state index is 5.99. The van der Waals surface area contributed by atoms with E-state index >= 15 is 0 Å². The van der Waals surface area contributed by atoms with Crippen LogP contribution in [0.25, 0.3) is 0 Å². The predicted molar refractivity (Wildman–Crippen MR) is 82.8 cm³/mol. The van der Waals surface area contributed by atoms with E-state index < -0.39 is 0 Å². The summed E-state index contributed by atoms with van der Waals surface area (Å²) in [4.78, 5) is 4.50. The van der Waals surface area contributed by atoms with Gasteiger partial charge in [-0.2, -0.15) is 0 Å². The molecule has 0 aliphatic heterocycles. The Morgan fingerprint density at radius 1 is 1.40 bits per heavy atom. The van der Waals surface area contributed by atoms with Gasteiger partial charge in [-0.1, -0.05) is 17.7 Å². The van der Waals surface area contributed by atoms with Crippen LogP contribution in [0.2, 0.25) is 5.02 Å². The van der Waals surface area contributed by atoms with Crippen LogP contribution in [0.15, 0.2) is 30.5 Å². The summed E-state index contributed by atoms with van der Waals surface area (Å²) in [6.07, 6.45) is 3.01. The van der Waals surface area contributed by atoms with Crippen molar-refractivity contribution in [3.05, 3.63) is 41.2 Å². The van der Waals surface area contributed by atoms with E-state index in [2.05, 4.69) is 14.9 Å². The third-order valence-electron chi connectivity index (χ3n) is 2.87. The van der Waals surface area contributed by atoms with Crippen LogP contribution < -0.4 is 5.32 Å². The fourth-order valence-corrected chi connectivity index (χ4v) is 2.18. The largest absolute Gasteiger partial charge is 0.382 e. The summed E-state index contributed by atoms with van der Waals surface area (Å²) in [5, 5.41) is 4.01. The molecule has 0 fully saturated rings. The SMILES string of the molecule is CCOCCCn1cc(C)nc1Nc1cccc(Cl)c1. The standard InChI is InChI=1S/C15H20ClN3O/c1-3-20-9-5-8-19-11-12(2)17-15(19)18-14-7-4-6-13(16)10-14/h4,6-7,10-11H,3,5,8-9H2,1-2H3,(H,17,18). The van der Waals surface area contributed by atoms with Crippen LogP contribution >= 0.6 is 11.6 Å². The lowest BCUT2D eigenvalue weighted by atomic mass is 10.3. The van der Waals surface area contributed by atoms with E-state index in [1.807, 2.05) is 44.3 Å². The van der Waals surface area contributed by atoms with Gasteiger partial charge < -0.3 is 14.6 Å². The third kappa shape index (κ3) is 4.25. The van der Waals surface area contributed by atoms with Crippen molar-refractivity contribution in [1.29, 1.82) is 0 Å². The number of nitrogens with zero attached hydrogens (tertiary/aromatic N) is 2. The number of imidazole rings is 1. The van der Waals surface area contributed by atoms with E-state index in [4.69, 9.17) is 16.3 Å². The molecule has 1 aromatic carbocycles. The normalized spacial score (nSPS) is 10.8. The molecular formula is C15H20ClN3O. The molecule has 20 heavy (non-hydrogen) atoms. The molecule has 1 aromatic heterocycles.